The summed E-state index contributed by atoms with van der Waals surface area (Å²) >= 11 is 0. The van der Waals surface area contributed by atoms with Crippen LogP contribution in [0, 0.1) is 47.3 Å². The van der Waals surface area contributed by atoms with Crippen LogP contribution in [-0.2, 0) is 65.8 Å². The van der Waals surface area contributed by atoms with Gasteiger partial charge in [0.15, 0.2) is 11.6 Å². The van der Waals surface area contributed by atoms with Crippen molar-refractivity contribution in [3.05, 3.63) is 59.7 Å². The molecule has 10 N–H and O–H groups in total. The Balaban J connectivity index is 0.000000607. The van der Waals surface area contributed by atoms with Crippen LogP contribution in [0.1, 0.15) is 165 Å². The van der Waals surface area contributed by atoms with E-state index in [1.807, 2.05) is 55.4 Å². The van der Waals surface area contributed by atoms with Gasteiger partial charge in [0.05, 0.1) is 23.9 Å². The number of hydrogen-bond donors (Lipinski definition) is 8. The highest BCUT2D eigenvalue weighted by molar-refractivity contribution is 6.03. The van der Waals surface area contributed by atoms with Crippen LogP contribution >= 0.6 is 0 Å². The number of amides is 9. The van der Waals surface area contributed by atoms with E-state index in [0.29, 0.717) is 69.4 Å². The van der Waals surface area contributed by atoms with Gasteiger partial charge in [-0.15, -0.1) is 0 Å². The predicted octanol–water partition coefficient (Wildman–Crippen LogP) is 7.45. The van der Waals surface area contributed by atoms with E-state index in [2.05, 4.69) is 31.9 Å². The number of benzene rings is 2. The molecule has 0 aromatic heterocycles. The molecular weight excluding hydrogens is 1080 g/mol. The minimum atomic E-state index is -0.799. The molecule has 5 atom stereocenters. The molecule has 1 heterocycles. The molecule has 0 bridgehead atoms. The number of hydrogen-bond acceptors (Lipinski definition) is 14. The van der Waals surface area contributed by atoms with Crippen LogP contribution in [0.5, 0.6) is 0 Å². The van der Waals surface area contributed by atoms with Crippen molar-refractivity contribution in [2.75, 3.05) is 30.3 Å². The number of nitrogens with zero attached hydrogens (tertiary/aromatic N) is 1. The summed E-state index contributed by atoms with van der Waals surface area (Å²) in [5.41, 5.74) is 12.9. The fourth-order valence-corrected chi connectivity index (χ4v) is 9.09. The topological polar surface area (TPSA) is 334 Å². The molecule has 1 fully saturated rings. The Hall–Kier alpha value is -7.23. The highest BCUT2D eigenvalue weighted by atomic mass is 16.5. The summed E-state index contributed by atoms with van der Waals surface area (Å²) in [6.07, 6.45) is 3.81. The molecule has 0 aliphatic carbocycles. The van der Waals surface area contributed by atoms with Crippen molar-refractivity contribution in [2.45, 2.75) is 185 Å². The van der Waals surface area contributed by atoms with E-state index >= 15 is 0 Å². The Bertz CT molecular complexity index is 2480. The van der Waals surface area contributed by atoms with Crippen LogP contribution in [0.25, 0.3) is 0 Å². The van der Waals surface area contributed by atoms with E-state index in [0.717, 1.165) is 11.1 Å². The zero-order valence-electron chi connectivity index (χ0n) is 51.7. The number of nitrogens with two attached hydrogens (primary N) is 2. The van der Waals surface area contributed by atoms with Crippen LogP contribution in [0.15, 0.2) is 48.5 Å². The van der Waals surface area contributed by atoms with E-state index in [1.165, 1.54) is 4.90 Å². The Morgan fingerprint density at radius 2 is 1.00 bits per heavy atom. The monoisotopic (exact) mass is 1180 g/mol. The molecule has 22 heteroatoms. The summed E-state index contributed by atoms with van der Waals surface area (Å²) in [4.78, 5) is 137. The second-order valence-corrected chi connectivity index (χ2v) is 23.6. The number of unbranched alkanes of at least 4 members (excludes halogenated alkanes) is 2. The molecule has 5 unspecified atom stereocenters. The third-order valence-electron chi connectivity index (χ3n) is 14.1. The van der Waals surface area contributed by atoms with Gasteiger partial charge in [-0.05, 0) is 91.7 Å². The quantitative estimate of drug-likeness (QED) is 0.0187. The van der Waals surface area contributed by atoms with Gasteiger partial charge >= 0.3 is 24.0 Å². The van der Waals surface area contributed by atoms with Crippen molar-refractivity contribution in [2.24, 2.45) is 58.8 Å². The normalized spacial score (nSPS) is 14.6. The van der Waals surface area contributed by atoms with Crippen LogP contribution in [0.3, 0.4) is 0 Å². The summed E-state index contributed by atoms with van der Waals surface area (Å²) in [6, 6.07) is 11.6. The Kier molecular flexibility index (Phi) is 32.8. The maximum absolute atomic E-state index is 13.5. The summed E-state index contributed by atoms with van der Waals surface area (Å²) in [7, 11) is 0. The smallest absolute Gasteiger partial charge is 0.312 e. The number of ketones is 2. The maximum Gasteiger partial charge on any atom is 0.312 e. The van der Waals surface area contributed by atoms with Crippen molar-refractivity contribution in [1.82, 2.24) is 26.2 Å². The number of urea groups is 2. The highest BCUT2D eigenvalue weighted by Crippen LogP contribution is 2.27. The SMILES string of the molecule is CC(C)C(=O)OCc1ccc(NC(=O)C(CCCNC(N)=O)CC(=O)C(NC(=O)CCCCCN2C(=O)CC(C(C)C)C2=O)C(C)C)cc1.CC(C)NC(C(=O)CC(CCCNC(N)=O)C(=O)Nc1ccc(COC(=O)C(C)C)cc1)C(C)C. The number of likely N-dealkylation sites (tertiary alicyclic amines) is 1. The van der Waals surface area contributed by atoms with Gasteiger partial charge in [0.1, 0.15) is 13.2 Å². The molecule has 9 amide bonds. The molecule has 468 valence electrons. The van der Waals surface area contributed by atoms with Crippen LogP contribution in [0.4, 0.5) is 21.0 Å². The highest BCUT2D eigenvalue weighted by Gasteiger charge is 2.39. The van der Waals surface area contributed by atoms with E-state index in [1.54, 1.807) is 76.2 Å². The first kappa shape index (κ1) is 72.9. The second-order valence-electron chi connectivity index (χ2n) is 23.6. The van der Waals surface area contributed by atoms with Crippen molar-refractivity contribution in [3.8, 4) is 0 Å². The van der Waals surface area contributed by atoms with Crippen LogP contribution in [-0.4, -0.2) is 108 Å². The van der Waals surface area contributed by atoms with Crippen molar-refractivity contribution < 1.29 is 62.2 Å². The summed E-state index contributed by atoms with van der Waals surface area (Å²) in [5.74, 6) is -4.09. The molecule has 1 aliphatic heterocycles. The molecule has 1 aliphatic rings. The number of esters is 2. The molecule has 1 saturated heterocycles. The Labute approximate surface area is 496 Å². The van der Waals surface area contributed by atoms with Crippen molar-refractivity contribution in [3.63, 3.8) is 0 Å². The van der Waals surface area contributed by atoms with Crippen molar-refractivity contribution >= 4 is 76.5 Å². The molecule has 0 radical (unpaired) electrons. The number of anilines is 2. The van der Waals surface area contributed by atoms with E-state index < -0.39 is 29.9 Å². The van der Waals surface area contributed by atoms with Gasteiger partial charge in [-0.2, -0.15) is 0 Å². The van der Waals surface area contributed by atoms with Gasteiger partial charge in [0, 0.05) is 80.5 Å². The molecule has 0 spiro atoms. The van der Waals surface area contributed by atoms with Crippen molar-refractivity contribution in [1.29, 1.82) is 0 Å². The van der Waals surface area contributed by atoms with E-state index in [4.69, 9.17) is 20.9 Å². The maximum atomic E-state index is 13.5. The average Bonchev–Trinajstić information content (AvgIpc) is 3.92. The van der Waals surface area contributed by atoms with Gasteiger partial charge in [0.2, 0.25) is 29.5 Å². The first-order chi connectivity index (χ1) is 39.5. The lowest BCUT2D eigenvalue weighted by molar-refractivity contribution is -0.149. The fraction of sp³-hybridized carbons (Fsp3) is 0.629. The lowest BCUT2D eigenvalue weighted by Crippen LogP contribution is -2.45. The lowest BCUT2D eigenvalue weighted by atomic mass is 9.89. The standard InChI is InChI=1S/C36H55N5O8.C26H42N4O5/c1-22(2)28-20-31(44)41(34(28)46)18-9-7-8-12-30(43)40-32(23(3)4)29(42)19-26(11-10-17-38-36(37)48)33(45)39-27-15-13-25(14-16-27)21-49-35(47)24(5)6;1-16(2)23(29-18(5)6)22(31)14-20(8-7-13-28-26(27)34)24(32)30-21-11-9-19(10-12-21)15-35-25(33)17(3)4/h13-16,22-24,26,28,32H,7-12,17-21H2,1-6H3,(H,39,45)(H,40,43)(H3,37,38,48);9-12,16-18,20,23,29H,7-8,13-15H2,1-6H3,(H,30,32)(H3,27,28,34). The van der Waals surface area contributed by atoms with Gasteiger partial charge in [-0.1, -0.05) is 114 Å². The number of carbonyl (C=O) groups excluding carboxylic acids is 11. The fourth-order valence-electron chi connectivity index (χ4n) is 9.09. The molecule has 3 rings (SSSR count). The number of carbonyl (C=O) groups is 11. The van der Waals surface area contributed by atoms with Gasteiger partial charge in [-0.3, -0.25) is 48.1 Å². The second kappa shape index (κ2) is 37.9. The minimum absolute atomic E-state index is 0.0148. The summed E-state index contributed by atoms with van der Waals surface area (Å²) < 4.78 is 10.5. The molecule has 0 saturated carbocycles. The number of nitrogens with one attached hydrogen (secondary N) is 6. The molecule has 2 aromatic rings. The molecular formula is C62H97N9O13. The minimum Gasteiger partial charge on any atom is -0.461 e. The zero-order valence-corrected chi connectivity index (χ0v) is 51.7. The number of rotatable bonds is 36. The molecule has 84 heavy (non-hydrogen) atoms. The molecule has 22 nitrogen and oxygen atoms in total. The van der Waals surface area contributed by atoms with Crippen LogP contribution in [0.2, 0.25) is 0 Å². The predicted molar refractivity (Wildman–Crippen MR) is 321 cm³/mol. The number of primary amides is 2. The van der Waals surface area contributed by atoms with E-state index in [-0.39, 0.29) is 146 Å². The third kappa shape index (κ3) is 27.9. The molecule has 2 aromatic carbocycles. The first-order valence-electron chi connectivity index (χ1n) is 29.6. The number of Topliss-reactive ketones (excluding diaryl/α,β-unsaturated/α-hetero) is 2. The average molecular weight is 1180 g/mol. The largest absolute Gasteiger partial charge is 0.461 e. The van der Waals surface area contributed by atoms with Gasteiger partial charge in [-0.25, -0.2) is 9.59 Å². The number of ether oxygens (including phenoxy) is 2. The third-order valence-corrected chi connectivity index (χ3v) is 14.1. The zero-order chi connectivity index (χ0) is 63.2. The van der Waals surface area contributed by atoms with Gasteiger partial charge < -0.3 is 52.8 Å². The Morgan fingerprint density at radius 1 is 0.571 bits per heavy atom. The van der Waals surface area contributed by atoms with Gasteiger partial charge in [0.25, 0.3) is 0 Å². The Morgan fingerprint density at radius 3 is 1.37 bits per heavy atom. The first-order valence-corrected chi connectivity index (χ1v) is 29.6. The van der Waals surface area contributed by atoms with Crippen LogP contribution < -0.4 is 43.4 Å². The summed E-state index contributed by atoms with van der Waals surface area (Å²) in [6.45, 7) is 23.6. The van der Waals surface area contributed by atoms with E-state index in [9.17, 15) is 52.7 Å². The lowest BCUT2D eigenvalue weighted by Gasteiger charge is -2.25. The summed E-state index contributed by atoms with van der Waals surface area (Å²) in [5, 5.41) is 16.9. The number of imide groups is 1.